The summed E-state index contributed by atoms with van der Waals surface area (Å²) in [7, 11) is 0. The highest BCUT2D eigenvalue weighted by Crippen LogP contribution is 2.32. The summed E-state index contributed by atoms with van der Waals surface area (Å²) in [6.07, 6.45) is 8.11. The summed E-state index contributed by atoms with van der Waals surface area (Å²) in [5, 5.41) is 3.76. The number of hydrogen-bond acceptors (Lipinski definition) is 5. The second-order valence-electron chi connectivity index (χ2n) is 5.62. The van der Waals surface area contributed by atoms with E-state index in [9.17, 15) is 0 Å². The second-order valence-corrected chi connectivity index (χ2v) is 5.97. The van der Waals surface area contributed by atoms with Gasteiger partial charge in [-0.05, 0) is 25.7 Å². The minimum atomic E-state index is -0.0417. The van der Waals surface area contributed by atoms with Crippen molar-refractivity contribution >= 4 is 23.1 Å². The molecule has 3 rings (SSSR count). The molecule has 0 radical (unpaired) electrons. The molecule has 0 bridgehead atoms. The van der Waals surface area contributed by atoms with Crippen LogP contribution in [0, 0.1) is 0 Å². The number of nitrogens with one attached hydrogen (secondary N) is 1. The number of aromatic nitrogens is 2. The molecule has 1 saturated heterocycles. The number of nitrogens with zero attached hydrogens (tertiary/aromatic N) is 2. The van der Waals surface area contributed by atoms with Crippen LogP contribution in [0.2, 0.25) is 5.15 Å². The maximum atomic E-state index is 6.14. The molecular weight excluding hydrogens is 276 g/mol. The number of nitrogens with two attached hydrogens (primary N) is 1. The summed E-state index contributed by atoms with van der Waals surface area (Å²) in [5.41, 5.74) is 6.45. The smallest absolute Gasteiger partial charge is 0.161 e. The lowest BCUT2D eigenvalue weighted by Gasteiger charge is -2.24. The van der Waals surface area contributed by atoms with Crippen LogP contribution in [0.3, 0.4) is 0 Å². The number of anilines is 2. The summed E-state index contributed by atoms with van der Waals surface area (Å²) in [5.74, 6) is 1.32. The summed E-state index contributed by atoms with van der Waals surface area (Å²) >= 11 is 6.14. The predicted octanol–water partition coefficient (Wildman–Crippen LogP) is 3.31. The quantitative estimate of drug-likeness (QED) is 0.837. The fraction of sp³-hybridized carbons (Fsp3) is 0.714. The number of nitrogen functional groups attached to an aromatic ring is 1. The monoisotopic (exact) mass is 296 g/mol. The van der Waals surface area contributed by atoms with Gasteiger partial charge in [-0.1, -0.05) is 30.9 Å². The Kier molecular flexibility index (Phi) is 4.27. The van der Waals surface area contributed by atoms with Crippen LogP contribution in [0.25, 0.3) is 0 Å². The highest BCUT2D eigenvalue weighted by molar-refractivity contribution is 6.32. The molecule has 1 aliphatic heterocycles. The van der Waals surface area contributed by atoms with Crippen molar-refractivity contribution in [3.63, 3.8) is 0 Å². The first kappa shape index (κ1) is 13.9. The van der Waals surface area contributed by atoms with Gasteiger partial charge in [0.2, 0.25) is 0 Å². The molecular formula is C14H21ClN4O. The molecule has 1 saturated carbocycles. The van der Waals surface area contributed by atoms with Gasteiger partial charge in [-0.3, -0.25) is 0 Å². The van der Waals surface area contributed by atoms with Crippen LogP contribution in [-0.4, -0.2) is 22.6 Å². The van der Waals surface area contributed by atoms with Crippen molar-refractivity contribution < 1.29 is 4.74 Å². The fourth-order valence-electron chi connectivity index (χ4n) is 2.93. The van der Waals surface area contributed by atoms with Crippen LogP contribution < -0.4 is 11.1 Å². The molecule has 1 aliphatic carbocycles. The molecule has 1 aromatic heterocycles. The van der Waals surface area contributed by atoms with Gasteiger partial charge >= 0.3 is 0 Å². The Bertz CT molecular complexity index is 470. The van der Waals surface area contributed by atoms with Gasteiger partial charge < -0.3 is 15.8 Å². The Balaban J connectivity index is 1.80. The summed E-state index contributed by atoms with van der Waals surface area (Å²) < 4.78 is 5.63. The molecule has 110 valence electrons. The van der Waals surface area contributed by atoms with Gasteiger partial charge in [0.05, 0.1) is 0 Å². The Labute approximate surface area is 124 Å². The first-order valence-electron chi connectivity index (χ1n) is 7.45. The molecule has 2 fully saturated rings. The first-order valence-corrected chi connectivity index (χ1v) is 7.83. The van der Waals surface area contributed by atoms with E-state index < -0.39 is 0 Å². The van der Waals surface area contributed by atoms with Crippen LogP contribution >= 0.6 is 11.6 Å². The van der Waals surface area contributed by atoms with E-state index in [0.717, 1.165) is 32.3 Å². The van der Waals surface area contributed by atoms with Gasteiger partial charge in [-0.2, -0.15) is 0 Å². The van der Waals surface area contributed by atoms with Gasteiger partial charge in [0.25, 0.3) is 0 Å². The van der Waals surface area contributed by atoms with Crippen LogP contribution in [-0.2, 0) is 4.74 Å². The van der Waals surface area contributed by atoms with Crippen molar-refractivity contribution in [3.8, 4) is 0 Å². The molecule has 20 heavy (non-hydrogen) atoms. The van der Waals surface area contributed by atoms with Crippen LogP contribution in [0.15, 0.2) is 0 Å². The minimum absolute atomic E-state index is 0.0417. The number of halogens is 1. The lowest BCUT2D eigenvalue weighted by molar-refractivity contribution is 0.105. The third kappa shape index (κ3) is 2.99. The van der Waals surface area contributed by atoms with Crippen molar-refractivity contribution in [3.05, 3.63) is 11.0 Å². The first-order chi connectivity index (χ1) is 9.74. The van der Waals surface area contributed by atoms with Crippen LogP contribution in [0.5, 0.6) is 0 Å². The third-order valence-corrected chi connectivity index (χ3v) is 4.37. The molecule has 1 aromatic rings. The fourth-order valence-corrected chi connectivity index (χ4v) is 3.11. The van der Waals surface area contributed by atoms with Crippen LogP contribution in [0.1, 0.15) is 56.9 Å². The summed E-state index contributed by atoms with van der Waals surface area (Å²) in [6, 6.07) is 0.439. The lowest BCUT2D eigenvalue weighted by Crippen LogP contribution is -2.24. The van der Waals surface area contributed by atoms with Gasteiger partial charge in [0, 0.05) is 12.6 Å². The molecule has 3 N–H and O–H groups in total. The van der Waals surface area contributed by atoms with E-state index >= 15 is 0 Å². The highest BCUT2D eigenvalue weighted by atomic mass is 35.5. The van der Waals surface area contributed by atoms with E-state index in [-0.39, 0.29) is 6.10 Å². The molecule has 2 heterocycles. The maximum absolute atomic E-state index is 6.14. The molecule has 1 atom stereocenters. The van der Waals surface area contributed by atoms with Gasteiger partial charge in [0.15, 0.2) is 16.8 Å². The van der Waals surface area contributed by atoms with E-state index in [0.29, 0.717) is 28.5 Å². The largest absolute Gasteiger partial charge is 0.393 e. The van der Waals surface area contributed by atoms with E-state index in [1.165, 1.54) is 19.3 Å². The average molecular weight is 297 g/mol. The predicted molar refractivity (Wildman–Crippen MR) is 79.9 cm³/mol. The molecule has 5 nitrogen and oxygen atoms in total. The molecule has 0 spiro atoms. The molecule has 0 amide bonds. The van der Waals surface area contributed by atoms with E-state index in [4.69, 9.17) is 22.1 Å². The second kappa shape index (κ2) is 6.14. The Morgan fingerprint density at radius 3 is 2.60 bits per heavy atom. The van der Waals surface area contributed by atoms with Gasteiger partial charge in [-0.15, -0.1) is 0 Å². The average Bonchev–Trinajstić information content (AvgIpc) is 2.99. The van der Waals surface area contributed by atoms with Crippen molar-refractivity contribution in [2.75, 3.05) is 17.7 Å². The van der Waals surface area contributed by atoms with Crippen molar-refractivity contribution in [2.24, 2.45) is 0 Å². The Morgan fingerprint density at radius 2 is 1.90 bits per heavy atom. The number of ether oxygens (including phenoxy) is 1. The zero-order valence-corrected chi connectivity index (χ0v) is 12.3. The van der Waals surface area contributed by atoms with E-state index in [2.05, 4.69) is 15.3 Å². The molecule has 2 aliphatic rings. The topological polar surface area (TPSA) is 73.1 Å². The van der Waals surface area contributed by atoms with Crippen molar-refractivity contribution in [2.45, 2.75) is 57.1 Å². The molecule has 0 aromatic carbocycles. The standard InChI is InChI=1S/C14H21ClN4O/c15-12-11(16)14(17-9-5-2-1-3-6-9)19-13(18-12)10-7-4-8-20-10/h9-10H,1-8,16H2,(H,17,18,19). The number of rotatable bonds is 3. The van der Waals surface area contributed by atoms with E-state index in [1.54, 1.807) is 0 Å². The zero-order valence-electron chi connectivity index (χ0n) is 11.6. The SMILES string of the molecule is Nc1c(Cl)nc(C2CCCO2)nc1NC1CCCCC1. The maximum Gasteiger partial charge on any atom is 0.161 e. The molecule has 1 unspecified atom stereocenters. The summed E-state index contributed by atoms with van der Waals surface area (Å²) in [6.45, 7) is 0.765. The highest BCUT2D eigenvalue weighted by Gasteiger charge is 2.24. The number of hydrogen-bond donors (Lipinski definition) is 2. The van der Waals surface area contributed by atoms with Gasteiger partial charge in [0.1, 0.15) is 11.8 Å². The third-order valence-electron chi connectivity index (χ3n) is 4.08. The van der Waals surface area contributed by atoms with Crippen molar-refractivity contribution in [1.82, 2.24) is 9.97 Å². The lowest BCUT2D eigenvalue weighted by atomic mass is 9.95. The van der Waals surface area contributed by atoms with E-state index in [1.807, 2.05) is 0 Å². The normalized spacial score (nSPS) is 23.9. The van der Waals surface area contributed by atoms with Crippen molar-refractivity contribution in [1.29, 1.82) is 0 Å². The minimum Gasteiger partial charge on any atom is -0.393 e. The Morgan fingerprint density at radius 1 is 1.10 bits per heavy atom. The molecule has 6 heteroatoms. The Hall–Kier alpha value is -1.07. The summed E-state index contributed by atoms with van der Waals surface area (Å²) in [4.78, 5) is 8.83. The zero-order chi connectivity index (χ0) is 13.9. The van der Waals surface area contributed by atoms with Gasteiger partial charge in [-0.25, -0.2) is 9.97 Å². The van der Waals surface area contributed by atoms with Crippen LogP contribution in [0.4, 0.5) is 11.5 Å².